The van der Waals surface area contributed by atoms with Crippen LogP contribution in [0.2, 0.25) is 0 Å². The molecule has 2 saturated heterocycles. The summed E-state index contributed by atoms with van der Waals surface area (Å²) in [6, 6.07) is 8.52. The van der Waals surface area contributed by atoms with Crippen molar-refractivity contribution in [3.63, 3.8) is 0 Å². The zero-order chi connectivity index (χ0) is 18.1. The molecule has 0 saturated carbocycles. The minimum absolute atomic E-state index is 0.148. The summed E-state index contributed by atoms with van der Waals surface area (Å²) in [5.41, 5.74) is 2.34. The van der Waals surface area contributed by atoms with E-state index in [1.165, 1.54) is 11.1 Å². The van der Waals surface area contributed by atoms with E-state index in [-0.39, 0.29) is 11.8 Å². The quantitative estimate of drug-likeness (QED) is 0.882. The highest BCUT2D eigenvalue weighted by Gasteiger charge is 2.46. The van der Waals surface area contributed by atoms with Crippen molar-refractivity contribution in [2.45, 2.75) is 50.0 Å². The maximum Gasteiger partial charge on any atom is 0.240 e. The maximum absolute atomic E-state index is 12.9. The molecule has 3 aliphatic rings. The second-order valence-electron chi connectivity index (χ2n) is 8.08. The van der Waals surface area contributed by atoms with Crippen molar-refractivity contribution < 1.29 is 9.59 Å². The molecular formula is C21H29N3O2. The zero-order valence-electron chi connectivity index (χ0n) is 15.7. The summed E-state index contributed by atoms with van der Waals surface area (Å²) in [5, 5.41) is 3.07. The van der Waals surface area contributed by atoms with E-state index in [1.54, 1.807) is 0 Å². The normalized spacial score (nSPS) is 25.7. The van der Waals surface area contributed by atoms with E-state index < -0.39 is 5.54 Å². The molecule has 1 atom stereocenters. The van der Waals surface area contributed by atoms with Crippen molar-refractivity contribution in [1.82, 2.24) is 15.1 Å². The predicted octanol–water partition coefficient (Wildman–Crippen LogP) is 1.92. The summed E-state index contributed by atoms with van der Waals surface area (Å²) < 4.78 is 0. The molecule has 2 amide bonds. The first kappa shape index (κ1) is 17.5. The van der Waals surface area contributed by atoms with E-state index in [0.717, 1.165) is 45.2 Å². The number of hydrogen-bond donors (Lipinski definition) is 1. The molecule has 2 fully saturated rings. The van der Waals surface area contributed by atoms with Gasteiger partial charge in [0.15, 0.2) is 0 Å². The lowest BCUT2D eigenvalue weighted by molar-refractivity contribution is -0.141. The molecule has 2 heterocycles. The first-order valence-corrected chi connectivity index (χ1v) is 9.95. The van der Waals surface area contributed by atoms with Gasteiger partial charge in [-0.2, -0.15) is 0 Å². The van der Waals surface area contributed by atoms with Gasteiger partial charge in [0.2, 0.25) is 11.8 Å². The number of likely N-dealkylation sites (tertiary alicyclic amines) is 1. The number of aryl methyl sites for hydroxylation is 1. The van der Waals surface area contributed by atoms with Gasteiger partial charge in [-0.05, 0) is 56.2 Å². The third-order valence-corrected chi connectivity index (χ3v) is 6.73. The molecule has 0 aromatic heterocycles. The summed E-state index contributed by atoms with van der Waals surface area (Å²) in [6.07, 6.45) is 5.24. The fraction of sp³-hybridized carbons (Fsp3) is 0.619. The van der Waals surface area contributed by atoms with Gasteiger partial charge >= 0.3 is 0 Å². The Bertz CT molecular complexity index is 694. The van der Waals surface area contributed by atoms with Crippen molar-refractivity contribution in [3.8, 4) is 0 Å². The Labute approximate surface area is 155 Å². The molecule has 0 radical (unpaired) electrons. The lowest BCUT2D eigenvalue weighted by Gasteiger charge is -2.45. The Hall–Kier alpha value is -1.88. The molecule has 1 aromatic rings. The summed E-state index contributed by atoms with van der Waals surface area (Å²) in [4.78, 5) is 29.7. The lowest BCUT2D eigenvalue weighted by atomic mass is 9.84. The predicted molar refractivity (Wildman–Crippen MR) is 101 cm³/mol. The number of likely N-dealkylation sites (N-methyl/N-ethyl adjacent to an activating group) is 1. The monoisotopic (exact) mass is 355 g/mol. The molecule has 1 N–H and O–H groups in total. The van der Waals surface area contributed by atoms with Gasteiger partial charge in [-0.1, -0.05) is 24.3 Å². The Morgan fingerprint density at radius 1 is 1.23 bits per heavy atom. The third kappa shape index (κ3) is 3.02. The standard InChI is InChI=1S/C21H29N3O2/c1-23-12-4-11-22-20(26)21(23)9-13-24(14-10-21)19(25)15-17-8-7-16-5-2-3-6-18(16)17/h2-3,5-6,17H,4,7-15H2,1H3,(H,22,26)/t17-/m1/s1. The SMILES string of the molecule is CN1CCCNC(=O)C12CCN(C(=O)C[C@H]1CCc3ccccc31)CC2. The number of amides is 2. The van der Waals surface area contributed by atoms with Gasteiger partial charge < -0.3 is 10.2 Å². The molecule has 140 valence electrons. The number of carbonyl (C=O) groups excluding carboxylic acids is 2. The first-order valence-electron chi connectivity index (χ1n) is 9.95. The van der Waals surface area contributed by atoms with Crippen LogP contribution in [0, 0.1) is 0 Å². The number of fused-ring (bicyclic) bond motifs is 1. The van der Waals surface area contributed by atoms with Gasteiger partial charge in [-0.15, -0.1) is 0 Å². The first-order chi connectivity index (χ1) is 12.6. The number of rotatable bonds is 2. The van der Waals surface area contributed by atoms with Crippen LogP contribution in [0.3, 0.4) is 0 Å². The molecule has 1 spiro atoms. The average Bonchev–Trinajstić information content (AvgIpc) is 3.02. The fourth-order valence-corrected chi connectivity index (χ4v) is 5.00. The molecule has 1 aliphatic carbocycles. The Morgan fingerprint density at radius 2 is 2.00 bits per heavy atom. The van der Waals surface area contributed by atoms with Gasteiger partial charge in [0.25, 0.3) is 0 Å². The van der Waals surface area contributed by atoms with Crippen LogP contribution >= 0.6 is 0 Å². The maximum atomic E-state index is 12.9. The second-order valence-corrected chi connectivity index (χ2v) is 8.08. The van der Waals surface area contributed by atoms with Crippen molar-refractivity contribution in [1.29, 1.82) is 0 Å². The summed E-state index contributed by atoms with van der Waals surface area (Å²) in [7, 11) is 2.05. The van der Waals surface area contributed by atoms with E-state index >= 15 is 0 Å². The number of nitrogens with zero attached hydrogens (tertiary/aromatic N) is 2. The molecule has 1 aromatic carbocycles. The van der Waals surface area contributed by atoms with Crippen LogP contribution < -0.4 is 5.32 Å². The van der Waals surface area contributed by atoms with E-state index in [4.69, 9.17) is 0 Å². The van der Waals surface area contributed by atoms with Crippen LogP contribution in [0.1, 0.15) is 49.1 Å². The van der Waals surface area contributed by atoms with Crippen LogP contribution in [0.4, 0.5) is 0 Å². The largest absolute Gasteiger partial charge is 0.354 e. The summed E-state index contributed by atoms with van der Waals surface area (Å²) in [6.45, 7) is 3.07. The van der Waals surface area contributed by atoms with Crippen LogP contribution in [0.5, 0.6) is 0 Å². The number of piperidine rings is 1. The minimum Gasteiger partial charge on any atom is -0.354 e. The van der Waals surface area contributed by atoms with Gasteiger partial charge in [-0.25, -0.2) is 0 Å². The van der Waals surface area contributed by atoms with Crippen LogP contribution in [0.25, 0.3) is 0 Å². The summed E-state index contributed by atoms with van der Waals surface area (Å²) in [5.74, 6) is 0.756. The Balaban J connectivity index is 1.39. The Kier molecular flexibility index (Phi) is 4.74. The molecule has 5 heteroatoms. The minimum atomic E-state index is -0.423. The lowest BCUT2D eigenvalue weighted by Crippen LogP contribution is -2.61. The highest BCUT2D eigenvalue weighted by atomic mass is 16.2. The molecule has 26 heavy (non-hydrogen) atoms. The molecule has 0 unspecified atom stereocenters. The number of benzene rings is 1. The topological polar surface area (TPSA) is 52.7 Å². The molecule has 5 nitrogen and oxygen atoms in total. The third-order valence-electron chi connectivity index (χ3n) is 6.73. The molecule has 0 bridgehead atoms. The molecular weight excluding hydrogens is 326 g/mol. The number of carbonyl (C=O) groups is 2. The van der Waals surface area contributed by atoms with E-state index in [9.17, 15) is 9.59 Å². The second kappa shape index (κ2) is 7.03. The Morgan fingerprint density at radius 3 is 2.81 bits per heavy atom. The smallest absolute Gasteiger partial charge is 0.240 e. The van der Waals surface area contributed by atoms with Gasteiger partial charge in [0, 0.05) is 32.6 Å². The van der Waals surface area contributed by atoms with Crippen LogP contribution in [-0.4, -0.2) is 60.4 Å². The molecule has 2 aliphatic heterocycles. The van der Waals surface area contributed by atoms with Crippen molar-refractivity contribution in [3.05, 3.63) is 35.4 Å². The van der Waals surface area contributed by atoms with E-state index in [1.807, 2.05) is 4.90 Å². The highest BCUT2D eigenvalue weighted by Crippen LogP contribution is 2.36. The number of nitrogens with one attached hydrogen (secondary N) is 1. The number of hydrogen-bond acceptors (Lipinski definition) is 3. The summed E-state index contributed by atoms with van der Waals surface area (Å²) >= 11 is 0. The van der Waals surface area contributed by atoms with E-state index in [2.05, 4.69) is 41.5 Å². The highest BCUT2D eigenvalue weighted by molar-refractivity contribution is 5.87. The molecule has 4 rings (SSSR count). The van der Waals surface area contributed by atoms with Crippen molar-refractivity contribution in [2.75, 3.05) is 33.2 Å². The average molecular weight is 355 g/mol. The van der Waals surface area contributed by atoms with E-state index in [0.29, 0.717) is 25.4 Å². The van der Waals surface area contributed by atoms with Gasteiger partial charge in [-0.3, -0.25) is 14.5 Å². The van der Waals surface area contributed by atoms with Crippen LogP contribution in [-0.2, 0) is 16.0 Å². The van der Waals surface area contributed by atoms with Crippen LogP contribution in [0.15, 0.2) is 24.3 Å². The van der Waals surface area contributed by atoms with Gasteiger partial charge in [0.05, 0.1) is 0 Å². The van der Waals surface area contributed by atoms with Gasteiger partial charge in [0.1, 0.15) is 5.54 Å². The van der Waals surface area contributed by atoms with Crippen molar-refractivity contribution >= 4 is 11.8 Å². The fourth-order valence-electron chi connectivity index (χ4n) is 5.00. The zero-order valence-corrected chi connectivity index (χ0v) is 15.7. The van der Waals surface area contributed by atoms with Crippen molar-refractivity contribution in [2.24, 2.45) is 0 Å².